The van der Waals surface area contributed by atoms with Crippen LogP contribution in [0.4, 0.5) is 10.8 Å². The number of fused-ring (bicyclic) bond motifs is 1. The number of nitrogens with one attached hydrogen (secondary N) is 2. The molecule has 31 heavy (non-hydrogen) atoms. The first-order valence-corrected chi connectivity index (χ1v) is 12.4. The summed E-state index contributed by atoms with van der Waals surface area (Å²) in [5.41, 5.74) is 2.64. The molecule has 3 rings (SSSR count). The molecular formula is C21H26N3O5PS. The number of carbonyl (C=O) groups is 1. The number of benzene rings is 2. The Bertz CT molecular complexity index is 1070. The van der Waals surface area contributed by atoms with E-state index in [2.05, 4.69) is 15.6 Å². The number of aryl methyl sites for hydroxylation is 1. The third kappa shape index (κ3) is 6.04. The van der Waals surface area contributed by atoms with Crippen molar-refractivity contribution in [2.45, 2.75) is 33.0 Å². The number of amides is 1. The number of carbonyl (C=O) groups excluding carboxylic acids is 1. The molecule has 0 spiro atoms. The molecule has 0 aliphatic heterocycles. The van der Waals surface area contributed by atoms with Gasteiger partial charge in [-0.2, -0.15) is 0 Å². The average Bonchev–Trinajstić information content (AvgIpc) is 3.13. The maximum absolute atomic E-state index is 12.2. The second-order valence-electron chi connectivity index (χ2n) is 6.85. The topological polar surface area (TPSA) is 110 Å². The summed E-state index contributed by atoms with van der Waals surface area (Å²) in [5, 5.41) is 6.60. The van der Waals surface area contributed by atoms with Crippen molar-refractivity contribution in [2.24, 2.45) is 0 Å². The number of hydrogen-bond acceptors (Lipinski definition) is 7. The minimum atomic E-state index is -3.91. The lowest BCUT2D eigenvalue weighted by atomic mass is 10.2. The van der Waals surface area contributed by atoms with Gasteiger partial charge in [-0.25, -0.2) is 4.98 Å². The molecule has 2 atom stereocenters. The first-order valence-electron chi connectivity index (χ1n) is 9.94. The zero-order chi connectivity index (χ0) is 22.4. The van der Waals surface area contributed by atoms with Crippen LogP contribution in [0.2, 0.25) is 0 Å². The molecule has 0 fully saturated rings. The van der Waals surface area contributed by atoms with Crippen LogP contribution in [0.1, 0.15) is 25.8 Å². The van der Waals surface area contributed by atoms with Gasteiger partial charge in [0.05, 0.1) is 16.8 Å². The molecule has 0 aliphatic carbocycles. The Balaban J connectivity index is 1.58. The maximum atomic E-state index is 12.2. The molecular weight excluding hydrogens is 437 g/mol. The van der Waals surface area contributed by atoms with E-state index in [-0.39, 0.29) is 19.6 Å². The molecule has 1 aromatic heterocycles. The van der Waals surface area contributed by atoms with Gasteiger partial charge in [0.25, 0.3) is 5.91 Å². The molecule has 0 saturated carbocycles. The minimum Gasteiger partial charge on any atom is -0.484 e. The Kier molecular flexibility index (Phi) is 7.67. The molecule has 0 bridgehead atoms. The largest absolute Gasteiger partial charge is 0.484 e. The zero-order valence-corrected chi connectivity index (χ0v) is 19.3. The molecule has 0 radical (unpaired) electrons. The van der Waals surface area contributed by atoms with Gasteiger partial charge in [-0.15, -0.1) is 0 Å². The molecule has 166 valence electrons. The van der Waals surface area contributed by atoms with Crippen molar-refractivity contribution in [3.05, 3.63) is 48.0 Å². The second-order valence-corrected chi connectivity index (χ2v) is 9.89. The van der Waals surface area contributed by atoms with Crippen molar-refractivity contribution in [3.8, 4) is 5.75 Å². The Morgan fingerprint density at radius 2 is 2.03 bits per heavy atom. The van der Waals surface area contributed by atoms with E-state index >= 15 is 0 Å². The van der Waals surface area contributed by atoms with Crippen molar-refractivity contribution in [1.29, 1.82) is 0 Å². The van der Waals surface area contributed by atoms with Crippen LogP contribution in [0.25, 0.3) is 10.2 Å². The van der Waals surface area contributed by atoms with Gasteiger partial charge in [0.1, 0.15) is 11.5 Å². The molecule has 3 N–H and O–H groups in total. The number of thiazole rings is 1. The van der Waals surface area contributed by atoms with Gasteiger partial charge in [-0.05, 0) is 56.2 Å². The third-order valence-corrected chi connectivity index (χ3v) is 7.36. The van der Waals surface area contributed by atoms with Crippen LogP contribution in [-0.4, -0.2) is 34.8 Å². The molecule has 0 saturated heterocycles. The van der Waals surface area contributed by atoms with Crippen molar-refractivity contribution in [2.75, 3.05) is 18.5 Å². The van der Waals surface area contributed by atoms with Crippen LogP contribution in [0, 0.1) is 6.92 Å². The van der Waals surface area contributed by atoms with E-state index in [1.54, 1.807) is 31.3 Å². The van der Waals surface area contributed by atoms with Crippen LogP contribution >= 0.6 is 18.9 Å². The van der Waals surface area contributed by atoms with Crippen LogP contribution in [-0.2, 0) is 13.9 Å². The van der Waals surface area contributed by atoms with Crippen molar-refractivity contribution >= 4 is 45.9 Å². The lowest BCUT2D eigenvalue weighted by Crippen LogP contribution is -2.37. The highest BCUT2D eigenvalue weighted by Crippen LogP contribution is 2.47. The number of anilines is 2. The molecule has 8 nitrogen and oxygen atoms in total. The van der Waals surface area contributed by atoms with Crippen LogP contribution < -0.4 is 15.4 Å². The summed E-state index contributed by atoms with van der Waals surface area (Å²) in [6.07, 6.45) is 0.269. The molecule has 1 heterocycles. The molecule has 1 amide bonds. The quantitative estimate of drug-likeness (QED) is 0.371. The maximum Gasteiger partial charge on any atom is 0.350 e. The van der Waals surface area contributed by atoms with E-state index in [9.17, 15) is 14.3 Å². The van der Waals surface area contributed by atoms with Crippen LogP contribution in [0.15, 0.2) is 42.5 Å². The predicted molar refractivity (Wildman–Crippen MR) is 123 cm³/mol. The fraction of sp³-hybridized carbons (Fsp3) is 0.333. The van der Waals surface area contributed by atoms with E-state index in [0.717, 1.165) is 26.6 Å². The van der Waals surface area contributed by atoms with Gasteiger partial charge < -0.3 is 24.8 Å². The van der Waals surface area contributed by atoms with Gasteiger partial charge in [0, 0.05) is 5.69 Å². The number of rotatable bonds is 10. The van der Waals surface area contributed by atoms with Gasteiger partial charge in [0.2, 0.25) is 0 Å². The minimum absolute atomic E-state index is 0.0905. The zero-order valence-electron chi connectivity index (χ0n) is 17.6. The van der Waals surface area contributed by atoms with Crippen LogP contribution in [0.3, 0.4) is 0 Å². The fourth-order valence-electron chi connectivity index (χ4n) is 3.00. The molecule has 2 aromatic carbocycles. The Morgan fingerprint density at radius 1 is 1.26 bits per heavy atom. The van der Waals surface area contributed by atoms with Crippen molar-refractivity contribution < 1.29 is 23.5 Å². The third-order valence-electron chi connectivity index (χ3n) is 4.50. The Labute approximate surface area is 185 Å². The summed E-state index contributed by atoms with van der Waals surface area (Å²) >= 11 is 1.57. The van der Waals surface area contributed by atoms with E-state index < -0.39 is 19.3 Å². The Hall–Kier alpha value is -2.45. The highest BCUT2D eigenvalue weighted by Gasteiger charge is 2.32. The Morgan fingerprint density at radius 3 is 2.71 bits per heavy atom. The number of para-hydroxylation sites is 1. The summed E-state index contributed by atoms with van der Waals surface area (Å²) in [5.74, 6) is -0.906. The number of ether oxygens (including phenoxy) is 1. The standard InChI is InChI=1S/C21H26N3O5PS/c1-4-20(30(26,27)29-5-2)24-19(25)13-28-17-11-10-15(12-14(17)3)22-21-23-16-8-6-7-9-18(16)31-21/h6-12,20H,4-5,13H2,1-3H3,(H,22,23)(H,24,25)(H,26,27). The summed E-state index contributed by atoms with van der Waals surface area (Å²) in [6.45, 7) is 5.03. The monoisotopic (exact) mass is 463 g/mol. The van der Waals surface area contributed by atoms with E-state index in [1.165, 1.54) is 0 Å². The molecule has 3 aromatic rings. The molecule has 10 heteroatoms. The first-order chi connectivity index (χ1) is 14.8. The van der Waals surface area contributed by atoms with Crippen molar-refractivity contribution in [1.82, 2.24) is 10.3 Å². The smallest absolute Gasteiger partial charge is 0.350 e. The summed E-state index contributed by atoms with van der Waals surface area (Å²) in [7, 11) is -3.91. The fourth-order valence-corrected chi connectivity index (χ4v) is 5.20. The van der Waals surface area contributed by atoms with E-state index in [4.69, 9.17) is 9.26 Å². The molecule has 0 aliphatic rings. The highest BCUT2D eigenvalue weighted by atomic mass is 32.1. The first kappa shape index (κ1) is 23.2. The number of nitrogens with zero attached hydrogens (tertiary/aromatic N) is 1. The normalized spacial score (nSPS) is 14.1. The highest BCUT2D eigenvalue weighted by molar-refractivity contribution is 7.53. The summed E-state index contributed by atoms with van der Waals surface area (Å²) < 4.78 is 23.7. The lowest BCUT2D eigenvalue weighted by molar-refractivity contribution is -0.123. The summed E-state index contributed by atoms with van der Waals surface area (Å²) in [4.78, 5) is 26.7. The van der Waals surface area contributed by atoms with Gasteiger partial charge >= 0.3 is 7.60 Å². The van der Waals surface area contributed by atoms with E-state index in [1.807, 2.05) is 43.3 Å². The van der Waals surface area contributed by atoms with Gasteiger partial charge in [0.15, 0.2) is 11.7 Å². The van der Waals surface area contributed by atoms with Crippen molar-refractivity contribution in [3.63, 3.8) is 0 Å². The van der Waals surface area contributed by atoms with Gasteiger partial charge in [-0.3, -0.25) is 9.36 Å². The average molecular weight is 463 g/mol. The van der Waals surface area contributed by atoms with Gasteiger partial charge in [-0.1, -0.05) is 30.4 Å². The molecule has 2 unspecified atom stereocenters. The number of hydrogen-bond donors (Lipinski definition) is 3. The van der Waals surface area contributed by atoms with E-state index in [0.29, 0.717) is 5.75 Å². The predicted octanol–water partition coefficient (Wildman–Crippen LogP) is 4.80. The van der Waals surface area contributed by atoms with Crippen LogP contribution in [0.5, 0.6) is 5.75 Å². The summed E-state index contributed by atoms with van der Waals surface area (Å²) in [6, 6.07) is 13.5. The number of aromatic nitrogens is 1. The SMILES string of the molecule is CCOP(=O)(O)C(CC)NC(=O)COc1ccc(Nc2nc3ccccc3s2)cc1C. The lowest BCUT2D eigenvalue weighted by Gasteiger charge is -2.22. The second kappa shape index (κ2) is 10.2.